The fraction of sp³-hybridized carbons (Fsp3) is 0.333. The smallest absolute Gasteiger partial charge is 0.126 e. The molecule has 0 heterocycles. The maximum Gasteiger partial charge on any atom is 0.126 e. The lowest BCUT2D eigenvalue weighted by molar-refractivity contribution is 0.593. The molecule has 0 spiro atoms. The van der Waals surface area contributed by atoms with Crippen LogP contribution in [0.15, 0.2) is 42.5 Å². The highest BCUT2D eigenvalue weighted by molar-refractivity contribution is 5.29. The molecule has 2 heteroatoms. The second-order valence-electron chi connectivity index (χ2n) is 5.67. The van der Waals surface area contributed by atoms with E-state index in [1.165, 1.54) is 6.07 Å². The molecular formula is C18H20F2. The summed E-state index contributed by atoms with van der Waals surface area (Å²) in [4.78, 5) is 0. The van der Waals surface area contributed by atoms with Crippen LogP contribution in [0.5, 0.6) is 0 Å². The standard InChI is InChI=1S/C18H20F2/c1-12(2)17-8-7-14(10-18(17)20)9-13(3)15-5-4-6-16(19)11-15/h4-8,10-13H,9H2,1-3H3. The molecule has 0 aliphatic carbocycles. The summed E-state index contributed by atoms with van der Waals surface area (Å²) in [6, 6.07) is 12.0. The van der Waals surface area contributed by atoms with Gasteiger partial charge in [-0.15, -0.1) is 0 Å². The van der Waals surface area contributed by atoms with E-state index in [2.05, 4.69) is 0 Å². The van der Waals surface area contributed by atoms with Crippen molar-refractivity contribution in [3.8, 4) is 0 Å². The summed E-state index contributed by atoms with van der Waals surface area (Å²) < 4.78 is 27.2. The van der Waals surface area contributed by atoms with Crippen LogP contribution in [0.4, 0.5) is 8.78 Å². The molecule has 106 valence electrons. The Morgan fingerprint density at radius 2 is 1.70 bits per heavy atom. The number of rotatable bonds is 4. The molecule has 20 heavy (non-hydrogen) atoms. The number of hydrogen-bond acceptors (Lipinski definition) is 0. The van der Waals surface area contributed by atoms with Crippen LogP contribution in [-0.4, -0.2) is 0 Å². The zero-order valence-electron chi connectivity index (χ0n) is 12.2. The monoisotopic (exact) mass is 274 g/mol. The Labute approximate surface area is 119 Å². The van der Waals surface area contributed by atoms with Gasteiger partial charge in [-0.2, -0.15) is 0 Å². The van der Waals surface area contributed by atoms with Crippen LogP contribution in [-0.2, 0) is 6.42 Å². The van der Waals surface area contributed by atoms with Gasteiger partial charge >= 0.3 is 0 Å². The van der Waals surface area contributed by atoms with Gasteiger partial charge in [0, 0.05) is 0 Å². The van der Waals surface area contributed by atoms with Crippen molar-refractivity contribution in [2.45, 2.75) is 39.0 Å². The number of benzene rings is 2. The van der Waals surface area contributed by atoms with Gasteiger partial charge in [0.25, 0.3) is 0 Å². The Kier molecular flexibility index (Phi) is 4.53. The SMILES string of the molecule is CC(C)c1ccc(CC(C)c2cccc(F)c2)cc1F. The first-order valence-electron chi connectivity index (χ1n) is 7.01. The van der Waals surface area contributed by atoms with Crippen LogP contribution in [0, 0.1) is 11.6 Å². The van der Waals surface area contributed by atoms with E-state index in [-0.39, 0.29) is 23.5 Å². The highest BCUT2D eigenvalue weighted by Gasteiger charge is 2.11. The second-order valence-corrected chi connectivity index (χ2v) is 5.67. The Morgan fingerprint density at radius 1 is 0.950 bits per heavy atom. The van der Waals surface area contributed by atoms with E-state index < -0.39 is 0 Å². The molecule has 0 nitrogen and oxygen atoms in total. The van der Waals surface area contributed by atoms with Crippen molar-refractivity contribution in [2.75, 3.05) is 0 Å². The molecule has 1 atom stereocenters. The molecule has 0 aliphatic rings. The third-order valence-corrected chi connectivity index (χ3v) is 3.65. The zero-order valence-corrected chi connectivity index (χ0v) is 12.2. The Hall–Kier alpha value is -1.70. The molecule has 0 saturated carbocycles. The van der Waals surface area contributed by atoms with Crippen LogP contribution in [0.25, 0.3) is 0 Å². The fourth-order valence-corrected chi connectivity index (χ4v) is 2.45. The van der Waals surface area contributed by atoms with Crippen molar-refractivity contribution in [3.63, 3.8) is 0 Å². The molecular weight excluding hydrogens is 254 g/mol. The highest BCUT2D eigenvalue weighted by Crippen LogP contribution is 2.24. The Bertz CT molecular complexity index is 588. The molecule has 0 saturated heterocycles. The molecule has 0 aliphatic heterocycles. The van der Waals surface area contributed by atoms with Crippen molar-refractivity contribution in [1.29, 1.82) is 0 Å². The van der Waals surface area contributed by atoms with Gasteiger partial charge in [0.2, 0.25) is 0 Å². The predicted molar refractivity (Wildman–Crippen MR) is 79.0 cm³/mol. The molecule has 0 N–H and O–H groups in total. The lowest BCUT2D eigenvalue weighted by Gasteiger charge is -2.14. The van der Waals surface area contributed by atoms with E-state index in [0.29, 0.717) is 6.42 Å². The summed E-state index contributed by atoms with van der Waals surface area (Å²) in [7, 11) is 0. The highest BCUT2D eigenvalue weighted by atomic mass is 19.1. The third kappa shape index (κ3) is 3.44. The lowest BCUT2D eigenvalue weighted by atomic mass is 9.92. The lowest BCUT2D eigenvalue weighted by Crippen LogP contribution is -2.01. The van der Waals surface area contributed by atoms with Gasteiger partial charge in [-0.3, -0.25) is 0 Å². The van der Waals surface area contributed by atoms with Crippen LogP contribution >= 0.6 is 0 Å². The largest absolute Gasteiger partial charge is 0.207 e. The molecule has 1 unspecified atom stereocenters. The molecule has 2 rings (SSSR count). The van der Waals surface area contributed by atoms with Gasteiger partial charge in [-0.25, -0.2) is 8.78 Å². The number of halogens is 2. The van der Waals surface area contributed by atoms with Crippen molar-refractivity contribution in [3.05, 3.63) is 70.8 Å². The summed E-state index contributed by atoms with van der Waals surface area (Å²) in [6.07, 6.45) is 0.707. The van der Waals surface area contributed by atoms with E-state index in [4.69, 9.17) is 0 Å². The van der Waals surface area contributed by atoms with Crippen LogP contribution < -0.4 is 0 Å². The minimum Gasteiger partial charge on any atom is -0.207 e. The van der Waals surface area contributed by atoms with Crippen molar-refractivity contribution in [2.24, 2.45) is 0 Å². The van der Waals surface area contributed by atoms with Crippen molar-refractivity contribution in [1.82, 2.24) is 0 Å². The van der Waals surface area contributed by atoms with Gasteiger partial charge in [0.15, 0.2) is 0 Å². The minimum atomic E-state index is -0.226. The summed E-state index contributed by atoms with van der Waals surface area (Å²) >= 11 is 0. The van der Waals surface area contributed by atoms with Crippen LogP contribution in [0.1, 0.15) is 49.3 Å². The van der Waals surface area contributed by atoms with E-state index in [9.17, 15) is 8.78 Å². The fourth-order valence-electron chi connectivity index (χ4n) is 2.45. The number of hydrogen-bond donors (Lipinski definition) is 0. The molecule has 0 fully saturated rings. The van der Waals surface area contributed by atoms with Crippen LogP contribution in [0.2, 0.25) is 0 Å². The van der Waals surface area contributed by atoms with Gasteiger partial charge in [0.05, 0.1) is 0 Å². The summed E-state index contributed by atoms with van der Waals surface area (Å²) in [5.41, 5.74) is 2.63. The van der Waals surface area contributed by atoms with Crippen molar-refractivity contribution >= 4 is 0 Å². The molecule has 2 aromatic rings. The molecule has 0 bridgehead atoms. The van der Waals surface area contributed by atoms with Gasteiger partial charge in [-0.1, -0.05) is 45.0 Å². The average Bonchev–Trinajstić information content (AvgIpc) is 2.38. The second kappa shape index (κ2) is 6.17. The van der Waals surface area contributed by atoms with E-state index >= 15 is 0 Å². The maximum atomic E-state index is 14.0. The topological polar surface area (TPSA) is 0 Å². The first-order valence-corrected chi connectivity index (χ1v) is 7.01. The molecule has 0 aromatic heterocycles. The molecule has 2 aromatic carbocycles. The van der Waals surface area contributed by atoms with Crippen LogP contribution in [0.3, 0.4) is 0 Å². The third-order valence-electron chi connectivity index (χ3n) is 3.65. The predicted octanol–water partition coefficient (Wildman–Crippen LogP) is 5.43. The minimum absolute atomic E-state index is 0.149. The first kappa shape index (κ1) is 14.7. The summed E-state index contributed by atoms with van der Waals surface area (Å²) in [6.45, 7) is 5.99. The van der Waals surface area contributed by atoms with Crippen molar-refractivity contribution < 1.29 is 8.78 Å². The normalized spacial score (nSPS) is 12.7. The first-order chi connectivity index (χ1) is 9.47. The zero-order chi connectivity index (χ0) is 14.7. The van der Waals surface area contributed by atoms with Gasteiger partial charge < -0.3 is 0 Å². The summed E-state index contributed by atoms with van der Waals surface area (Å²) in [5, 5.41) is 0. The molecule has 0 radical (unpaired) electrons. The Morgan fingerprint density at radius 3 is 2.30 bits per heavy atom. The van der Waals surface area contributed by atoms with Gasteiger partial charge in [0.1, 0.15) is 11.6 Å². The maximum absolute atomic E-state index is 14.0. The molecule has 0 amide bonds. The summed E-state index contributed by atoms with van der Waals surface area (Å²) in [5.74, 6) is -0.0284. The quantitative estimate of drug-likeness (QED) is 0.697. The Balaban J connectivity index is 2.16. The van der Waals surface area contributed by atoms with E-state index in [1.807, 2.05) is 39.0 Å². The average molecular weight is 274 g/mol. The van der Waals surface area contributed by atoms with E-state index in [1.54, 1.807) is 18.2 Å². The van der Waals surface area contributed by atoms with Gasteiger partial charge in [-0.05, 0) is 53.1 Å². The van der Waals surface area contributed by atoms with E-state index in [0.717, 1.165) is 16.7 Å².